The lowest BCUT2D eigenvalue weighted by molar-refractivity contribution is 0.259. The summed E-state index contributed by atoms with van der Waals surface area (Å²) < 4.78 is 0. The van der Waals surface area contributed by atoms with Gasteiger partial charge in [0.1, 0.15) is 0 Å². The van der Waals surface area contributed by atoms with Gasteiger partial charge in [0.2, 0.25) is 7.85 Å². The third kappa shape index (κ3) is 3.24. The van der Waals surface area contributed by atoms with Gasteiger partial charge in [0.25, 0.3) is 0 Å². The Balaban J connectivity index is 2.59. The van der Waals surface area contributed by atoms with Crippen molar-refractivity contribution in [1.82, 2.24) is 5.32 Å². The Morgan fingerprint density at radius 2 is 1.93 bits per heavy atom. The van der Waals surface area contributed by atoms with Gasteiger partial charge < -0.3 is 15.4 Å². The maximum absolute atomic E-state index is 10.4. The largest absolute Gasteiger partial charge is 0.488 e. The van der Waals surface area contributed by atoms with E-state index in [9.17, 15) is 4.79 Å². The average molecular weight is 189 g/mol. The van der Waals surface area contributed by atoms with E-state index in [4.69, 9.17) is 17.9 Å². The summed E-state index contributed by atoms with van der Waals surface area (Å²) in [4.78, 5) is 10.4. The lowest BCUT2D eigenvalue weighted by atomic mass is 9.80. The Kier molecular flexibility index (Phi) is 3.73. The molecule has 4 nitrogen and oxygen atoms in total. The van der Waals surface area contributed by atoms with Gasteiger partial charge >= 0.3 is 7.12 Å². The number of hydrogen-bond donors (Lipinski definition) is 3. The summed E-state index contributed by atoms with van der Waals surface area (Å²) in [5.74, 6) is -0.587. The second kappa shape index (κ2) is 4.83. The number of carbonyl (C=O) groups excluding carboxylic acids is 1. The first kappa shape index (κ1) is 10.8. The molecule has 1 aromatic carbocycles. The fraction of sp³-hybridized carbons (Fsp3) is 0.125. The van der Waals surface area contributed by atoms with Crippen LogP contribution >= 0.6 is 0 Å². The molecule has 0 saturated heterocycles. The highest BCUT2D eigenvalue weighted by Crippen LogP contribution is 1.96. The van der Waals surface area contributed by atoms with Crippen molar-refractivity contribution in [3.63, 3.8) is 0 Å². The van der Waals surface area contributed by atoms with E-state index < -0.39 is 12.9 Å². The van der Waals surface area contributed by atoms with Gasteiger partial charge in [0.15, 0.2) is 5.81 Å². The van der Waals surface area contributed by atoms with Gasteiger partial charge in [-0.3, -0.25) is 4.79 Å². The van der Waals surface area contributed by atoms with Crippen molar-refractivity contribution in [3.05, 3.63) is 29.8 Å². The summed E-state index contributed by atoms with van der Waals surface area (Å²) in [6.45, 7) is 0.330. The number of rotatable bonds is 3. The molecule has 0 spiro atoms. The molecular formula is C8H9B2NO3. The van der Waals surface area contributed by atoms with Crippen LogP contribution in [-0.2, 0) is 6.54 Å². The van der Waals surface area contributed by atoms with Gasteiger partial charge in [-0.25, -0.2) is 0 Å². The molecule has 0 heterocycles. The molecule has 0 aliphatic carbocycles. The highest BCUT2D eigenvalue weighted by Gasteiger charge is 2.09. The monoisotopic (exact) mass is 189 g/mol. The third-order valence-electron chi connectivity index (χ3n) is 1.74. The Bertz CT molecular complexity index is 313. The van der Waals surface area contributed by atoms with Gasteiger partial charge in [-0.1, -0.05) is 24.3 Å². The summed E-state index contributed by atoms with van der Waals surface area (Å²) in [6, 6.07) is 6.51. The summed E-state index contributed by atoms with van der Waals surface area (Å²) in [7, 11) is 3.42. The van der Waals surface area contributed by atoms with E-state index in [1.54, 1.807) is 24.3 Å². The van der Waals surface area contributed by atoms with E-state index in [-0.39, 0.29) is 0 Å². The first-order valence-electron chi connectivity index (χ1n) is 4.08. The molecule has 0 saturated carbocycles. The normalized spacial score (nSPS) is 9.57. The van der Waals surface area contributed by atoms with Crippen LogP contribution in [0.2, 0.25) is 0 Å². The first-order valence-corrected chi connectivity index (χ1v) is 4.08. The lowest BCUT2D eigenvalue weighted by Crippen LogP contribution is -2.29. The highest BCUT2D eigenvalue weighted by molar-refractivity contribution is 6.58. The minimum Gasteiger partial charge on any atom is -0.423 e. The van der Waals surface area contributed by atoms with Crippen LogP contribution in [0.4, 0.5) is 4.79 Å². The first-order chi connectivity index (χ1) is 6.59. The molecule has 0 fully saturated rings. The van der Waals surface area contributed by atoms with Crippen LogP contribution in [0.3, 0.4) is 0 Å². The zero-order chi connectivity index (χ0) is 10.6. The molecule has 1 aromatic rings. The van der Waals surface area contributed by atoms with Gasteiger partial charge in [0, 0.05) is 6.54 Å². The van der Waals surface area contributed by atoms with Gasteiger partial charge in [-0.15, -0.1) is 0 Å². The number of nitrogens with one attached hydrogen (secondary N) is 1. The minimum absolute atomic E-state index is 0.330. The molecule has 2 radical (unpaired) electrons. The smallest absolute Gasteiger partial charge is 0.423 e. The predicted molar refractivity (Wildman–Crippen MR) is 54.3 cm³/mol. The van der Waals surface area contributed by atoms with Crippen LogP contribution < -0.4 is 10.8 Å². The van der Waals surface area contributed by atoms with E-state index in [1.807, 2.05) is 0 Å². The summed E-state index contributed by atoms with van der Waals surface area (Å²) in [5, 5.41) is 20.0. The van der Waals surface area contributed by atoms with Crippen molar-refractivity contribution >= 4 is 26.2 Å². The van der Waals surface area contributed by atoms with Crippen LogP contribution in [0.1, 0.15) is 5.56 Å². The molecule has 0 aliphatic rings. The van der Waals surface area contributed by atoms with E-state index >= 15 is 0 Å². The van der Waals surface area contributed by atoms with Crippen molar-refractivity contribution in [2.24, 2.45) is 0 Å². The van der Waals surface area contributed by atoms with Crippen LogP contribution in [0.5, 0.6) is 0 Å². The van der Waals surface area contributed by atoms with Crippen LogP contribution in [0.15, 0.2) is 24.3 Å². The van der Waals surface area contributed by atoms with Gasteiger partial charge in [0.05, 0.1) is 0 Å². The molecule has 14 heavy (non-hydrogen) atoms. The Morgan fingerprint density at radius 1 is 1.36 bits per heavy atom. The predicted octanol–water partition coefficient (Wildman–Crippen LogP) is -1.26. The Hall–Kier alpha value is -1.26. The third-order valence-corrected chi connectivity index (χ3v) is 1.74. The number of carbonyl (C=O) groups is 1. The van der Waals surface area contributed by atoms with Crippen molar-refractivity contribution < 1.29 is 14.8 Å². The zero-order valence-electron chi connectivity index (χ0n) is 7.47. The molecule has 0 unspecified atom stereocenters. The second-order valence-electron chi connectivity index (χ2n) is 2.83. The number of benzene rings is 1. The lowest BCUT2D eigenvalue weighted by Gasteiger charge is -2.04. The van der Waals surface area contributed by atoms with Crippen LogP contribution in [0.25, 0.3) is 0 Å². The molecule has 1 amide bonds. The SMILES string of the molecule is [B]C(=O)NCc1ccc(B(O)O)cc1. The fourth-order valence-electron chi connectivity index (χ4n) is 0.997. The molecule has 6 heteroatoms. The Morgan fingerprint density at radius 3 is 2.36 bits per heavy atom. The number of amides is 1. The topological polar surface area (TPSA) is 69.6 Å². The molecule has 0 aliphatic heterocycles. The molecule has 0 aromatic heterocycles. The zero-order valence-corrected chi connectivity index (χ0v) is 7.47. The average Bonchev–Trinajstić information content (AvgIpc) is 2.15. The molecule has 0 bridgehead atoms. The summed E-state index contributed by atoms with van der Waals surface area (Å²) >= 11 is 0. The van der Waals surface area contributed by atoms with E-state index in [1.165, 1.54) is 0 Å². The molecular weight excluding hydrogens is 180 g/mol. The standard InChI is InChI=1S/C8H9B2NO3/c9-8(12)11-5-6-1-3-7(4-2-6)10(13)14/h1-4,13-14H,5H2,(H,11,12). The molecule has 3 N–H and O–H groups in total. The number of hydrogen-bond acceptors (Lipinski definition) is 3. The highest BCUT2D eigenvalue weighted by atomic mass is 16.4. The van der Waals surface area contributed by atoms with Gasteiger partial charge in [-0.2, -0.15) is 0 Å². The van der Waals surface area contributed by atoms with Crippen LogP contribution in [0, 0.1) is 0 Å². The fourth-order valence-corrected chi connectivity index (χ4v) is 0.997. The molecule has 1 rings (SSSR count). The molecule has 0 atom stereocenters. The second-order valence-corrected chi connectivity index (χ2v) is 2.83. The van der Waals surface area contributed by atoms with Crippen molar-refractivity contribution in [2.75, 3.05) is 0 Å². The van der Waals surface area contributed by atoms with E-state index in [0.29, 0.717) is 12.0 Å². The summed E-state index contributed by atoms with van der Waals surface area (Å²) in [6.07, 6.45) is 0. The van der Waals surface area contributed by atoms with Gasteiger partial charge in [-0.05, 0) is 11.0 Å². The van der Waals surface area contributed by atoms with Crippen molar-refractivity contribution in [1.29, 1.82) is 0 Å². The van der Waals surface area contributed by atoms with E-state index in [2.05, 4.69) is 5.32 Å². The van der Waals surface area contributed by atoms with Crippen molar-refractivity contribution in [3.8, 4) is 0 Å². The maximum atomic E-state index is 10.4. The Labute approximate surface area is 83.5 Å². The minimum atomic E-state index is -1.46. The molecule has 70 valence electrons. The van der Waals surface area contributed by atoms with Crippen LogP contribution in [-0.4, -0.2) is 30.8 Å². The maximum Gasteiger partial charge on any atom is 0.488 e. The summed E-state index contributed by atoms with van der Waals surface area (Å²) in [5.41, 5.74) is 1.25. The van der Waals surface area contributed by atoms with Crippen molar-refractivity contribution in [2.45, 2.75) is 6.54 Å². The quantitative estimate of drug-likeness (QED) is 0.519. The van der Waals surface area contributed by atoms with E-state index in [0.717, 1.165) is 5.56 Å².